The van der Waals surface area contributed by atoms with Crippen molar-refractivity contribution in [1.82, 2.24) is 9.97 Å². The van der Waals surface area contributed by atoms with Crippen molar-refractivity contribution in [2.75, 3.05) is 23.3 Å². The Hall–Kier alpha value is -1.62. The highest BCUT2D eigenvalue weighted by Crippen LogP contribution is 2.39. The second-order valence-corrected chi connectivity index (χ2v) is 6.40. The van der Waals surface area contributed by atoms with E-state index in [0.717, 1.165) is 37.1 Å². The number of nitrogens with zero attached hydrogens (tertiary/aromatic N) is 3. The molecule has 0 atom stereocenters. The second kappa shape index (κ2) is 6.43. The molecule has 0 bridgehead atoms. The number of hydrogen-bond donors (Lipinski definition) is 1. The van der Waals surface area contributed by atoms with Gasteiger partial charge in [-0.25, -0.2) is 9.97 Å². The molecule has 0 aliphatic heterocycles. The number of anilines is 2. The first-order valence-corrected chi connectivity index (χ1v) is 8.58. The number of hydrogen-bond acceptors (Lipinski definition) is 5. The minimum absolute atomic E-state index is 0.572. The van der Waals surface area contributed by atoms with Gasteiger partial charge < -0.3 is 10.2 Å². The van der Waals surface area contributed by atoms with Gasteiger partial charge in [-0.1, -0.05) is 6.07 Å². The summed E-state index contributed by atoms with van der Waals surface area (Å²) in [7, 11) is 0. The van der Waals surface area contributed by atoms with Gasteiger partial charge in [0.25, 0.3) is 0 Å². The Morgan fingerprint density at radius 3 is 2.81 bits per heavy atom. The Morgan fingerprint density at radius 1 is 1.33 bits per heavy atom. The smallest absolute Gasteiger partial charge is 0.136 e. The number of nitrogens with one attached hydrogen (secondary N) is 1. The molecule has 0 unspecified atom stereocenters. The quantitative estimate of drug-likeness (QED) is 0.843. The van der Waals surface area contributed by atoms with Crippen LogP contribution in [0.25, 0.3) is 0 Å². The zero-order valence-electron chi connectivity index (χ0n) is 12.7. The van der Waals surface area contributed by atoms with Crippen LogP contribution in [0, 0.1) is 0 Å². The van der Waals surface area contributed by atoms with E-state index in [1.165, 1.54) is 17.7 Å². The highest BCUT2D eigenvalue weighted by Gasteiger charge is 2.28. The van der Waals surface area contributed by atoms with E-state index in [2.05, 4.69) is 52.6 Å². The van der Waals surface area contributed by atoms with Crippen LogP contribution in [0.3, 0.4) is 0 Å². The number of aromatic nitrogens is 2. The van der Waals surface area contributed by atoms with Crippen LogP contribution in [0.2, 0.25) is 0 Å². The van der Waals surface area contributed by atoms with Crippen molar-refractivity contribution < 1.29 is 0 Å². The zero-order valence-corrected chi connectivity index (χ0v) is 13.5. The third-order valence-electron chi connectivity index (χ3n) is 3.66. The van der Waals surface area contributed by atoms with Crippen LogP contribution in [-0.2, 0) is 6.54 Å². The van der Waals surface area contributed by atoms with Gasteiger partial charge in [0.15, 0.2) is 0 Å². The molecule has 1 aliphatic carbocycles. The van der Waals surface area contributed by atoms with Gasteiger partial charge >= 0.3 is 0 Å². The summed E-state index contributed by atoms with van der Waals surface area (Å²) in [6.45, 7) is 7.03. The lowest BCUT2D eigenvalue weighted by molar-refractivity contribution is 0.802. The molecule has 2 aromatic rings. The van der Waals surface area contributed by atoms with Crippen molar-refractivity contribution in [3.8, 4) is 0 Å². The monoisotopic (exact) mass is 302 g/mol. The largest absolute Gasteiger partial charge is 0.370 e. The Morgan fingerprint density at radius 2 is 2.19 bits per heavy atom. The lowest BCUT2D eigenvalue weighted by Gasteiger charge is -2.22. The minimum Gasteiger partial charge on any atom is -0.370 e. The predicted molar refractivity (Wildman–Crippen MR) is 89.2 cm³/mol. The third kappa shape index (κ3) is 3.53. The van der Waals surface area contributed by atoms with Crippen molar-refractivity contribution in [1.29, 1.82) is 0 Å². The summed E-state index contributed by atoms with van der Waals surface area (Å²) in [6.07, 6.45) is 2.46. The summed E-state index contributed by atoms with van der Waals surface area (Å²) in [5, 5.41) is 5.46. The molecule has 3 rings (SSSR count). The molecule has 2 heterocycles. The van der Waals surface area contributed by atoms with E-state index in [0.29, 0.717) is 5.92 Å². The van der Waals surface area contributed by atoms with E-state index in [4.69, 9.17) is 4.98 Å². The van der Waals surface area contributed by atoms with Gasteiger partial charge in [-0.3, -0.25) is 0 Å². The molecular weight excluding hydrogens is 280 g/mol. The molecule has 2 aromatic heterocycles. The summed E-state index contributed by atoms with van der Waals surface area (Å²) in [5.74, 6) is 3.57. The van der Waals surface area contributed by atoms with Gasteiger partial charge in [0.1, 0.15) is 17.5 Å². The summed E-state index contributed by atoms with van der Waals surface area (Å²) in [4.78, 5) is 13.2. The fraction of sp³-hybridized carbons (Fsp3) is 0.500. The van der Waals surface area contributed by atoms with Gasteiger partial charge in [-0.2, -0.15) is 0 Å². The Bertz CT molecular complexity index is 578. The van der Waals surface area contributed by atoms with Gasteiger partial charge in [-0.15, -0.1) is 11.3 Å². The van der Waals surface area contributed by atoms with Gasteiger partial charge in [0, 0.05) is 30.0 Å². The molecule has 4 nitrogen and oxygen atoms in total. The summed E-state index contributed by atoms with van der Waals surface area (Å²) in [5.41, 5.74) is 0. The van der Waals surface area contributed by atoms with Crippen molar-refractivity contribution in [2.45, 2.75) is 39.2 Å². The molecule has 112 valence electrons. The van der Waals surface area contributed by atoms with Crippen LogP contribution in [0.4, 0.5) is 11.6 Å². The topological polar surface area (TPSA) is 41.0 Å². The first kappa shape index (κ1) is 14.3. The van der Waals surface area contributed by atoms with E-state index in [1.54, 1.807) is 11.3 Å². The van der Waals surface area contributed by atoms with Crippen LogP contribution in [0.5, 0.6) is 0 Å². The Balaban J connectivity index is 1.86. The maximum absolute atomic E-state index is 4.81. The van der Waals surface area contributed by atoms with Crippen LogP contribution < -0.4 is 10.2 Å². The molecule has 1 N–H and O–H groups in total. The van der Waals surface area contributed by atoms with E-state index in [1.807, 2.05) is 0 Å². The number of thiophene rings is 1. The average molecular weight is 302 g/mol. The van der Waals surface area contributed by atoms with Crippen molar-refractivity contribution in [3.63, 3.8) is 0 Å². The number of rotatable bonds is 7. The highest BCUT2D eigenvalue weighted by molar-refractivity contribution is 7.09. The van der Waals surface area contributed by atoms with Crippen molar-refractivity contribution >= 4 is 23.0 Å². The standard InChI is InChI=1S/C16H22N4S/c1-3-17-14-10-15(19-16(18-14)12-7-8-12)20(4-2)11-13-6-5-9-21-13/h5-6,9-10,12H,3-4,7-8,11H2,1-2H3,(H,17,18,19). The first-order valence-electron chi connectivity index (χ1n) is 7.70. The summed E-state index contributed by atoms with van der Waals surface area (Å²) >= 11 is 1.80. The molecule has 1 fully saturated rings. The van der Waals surface area contributed by atoms with E-state index < -0.39 is 0 Å². The fourth-order valence-corrected chi connectivity index (χ4v) is 3.08. The zero-order chi connectivity index (χ0) is 14.7. The van der Waals surface area contributed by atoms with E-state index >= 15 is 0 Å². The maximum atomic E-state index is 4.81. The van der Waals surface area contributed by atoms with Crippen molar-refractivity contribution in [3.05, 3.63) is 34.3 Å². The predicted octanol–water partition coefficient (Wildman–Crippen LogP) is 3.87. The lowest BCUT2D eigenvalue weighted by Crippen LogP contribution is -2.23. The molecule has 0 aromatic carbocycles. The molecule has 1 saturated carbocycles. The minimum atomic E-state index is 0.572. The van der Waals surface area contributed by atoms with Crippen LogP contribution >= 0.6 is 11.3 Å². The lowest BCUT2D eigenvalue weighted by atomic mass is 10.3. The molecule has 0 spiro atoms. The van der Waals surface area contributed by atoms with Crippen molar-refractivity contribution in [2.24, 2.45) is 0 Å². The third-order valence-corrected chi connectivity index (χ3v) is 4.52. The van der Waals surface area contributed by atoms with Gasteiger partial charge in [0.05, 0.1) is 6.54 Å². The molecular formula is C16H22N4S. The summed E-state index contributed by atoms with van der Waals surface area (Å²) in [6, 6.07) is 6.36. The SMILES string of the molecule is CCNc1cc(N(CC)Cc2cccs2)nc(C2CC2)n1. The second-order valence-electron chi connectivity index (χ2n) is 5.37. The van der Waals surface area contributed by atoms with E-state index in [9.17, 15) is 0 Å². The summed E-state index contributed by atoms with van der Waals surface area (Å²) < 4.78 is 0. The normalized spacial score (nSPS) is 14.2. The highest BCUT2D eigenvalue weighted by atomic mass is 32.1. The van der Waals surface area contributed by atoms with Gasteiger partial charge in [0.2, 0.25) is 0 Å². The average Bonchev–Trinajstić information content (AvgIpc) is 3.22. The Labute approximate surface area is 130 Å². The molecule has 0 amide bonds. The van der Waals surface area contributed by atoms with Crippen LogP contribution in [-0.4, -0.2) is 23.1 Å². The Kier molecular flexibility index (Phi) is 4.39. The van der Waals surface area contributed by atoms with Gasteiger partial charge in [-0.05, 0) is 38.1 Å². The van der Waals surface area contributed by atoms with E-state index in [-0.39, 0.29) is 0 Å². The molecule has 1 aliphatic rings. The van der Waals surface area contributed by atoms with Crippen LogP contribution in [0.15, 0.2) is 23.6 Å². The maximum Gasteiger partial charge on any atom is 0.136 e. The molecule has 5 heteroatoms. The molecule has 0 saturated heterocycles. The first-order chi connectivity index (χ1) is 10.3. The fourth-order valence-electron chi connectivity index (χ4n) is 2.36. The van der Waals surface area contributed by atoms with Crippen LogP contribution in [0.1, 0.15) is 43.3 Å². The molecule has 21 heavy (non-hydrogen) atoms. The molecule has 0 radical (unpaired) electrons.